The van der Waals surface area contributed by atoms with Gasteiger partial charge in [0.25, 0.3) is 5.91 Å². The molecule has 2 N–H and O–H groups in total. The summed E-state index contributed by atoms with van der Waals surface area (Å²) < 4.78 is 47.9. The Balaban J connectivity index is 1.46. The van der Waals surface area contributed by atoms with E-state index in [-0.39, 0.29) is 17.2 Å². The molecule has 2 aliphatic heterocycles. The summed E-state index contributed by atoms with van der Waals surface area (Å²) in [5.74, 6) is -2.40. The van der Waals surface area contributed by atoms with Gasteiger partial charge in [0, 0.05) is 11.8 Å². The zero-order valence-corrected chi connectivity index (χ0v) is 15.4. The van der Waals surface area contributed by atoms with Gasteiger partial charge in [0.15, 0.2) is 11.5 Å². The summed E-state index contributed by atoms with van der Waals surface area (Å²) in [5.41, 5.74) is -1.01. The highest BCUT2D eigenvalue weighted by atomic mass is 19.3. The molecule has 0 saturated carbocycles. The van der Waals surface area contributed by atoms with Gasteiger partial charge in [-0.1, -0.05) is 12.1 Å². The van der Waals surface area contributed by atoms with E-state index in [2.05, 4.69) is 20.1 Å². The lowest BCUT2D eigenvalue weighted by Crippen LogP contribution is -2.42. The summed E-state index contributed by atoms with van der Waals surface area (Å²) in [4.78, 5) is 38.1. The molecule has 1 fully saturated rings. The zero-order chi connectivity index (χ0) is 21.7. The van der Waals surface area contributed by atoms with Crippen LogP contribution >= 0.6 is 0 Å². The number of nitrogens with zero attached hydrogens (tertiary/aromatic N) is 1. The first-order valence-electron chi connectivity index (χ1n) is 8.67. The van der Waals surface area contributed by atoms with Crippen LogP contribution < -0.4 is 20.1 Å². The largest absolute Gasteiger partial charge is 0.586 e. The number of halogens is 3. The minimum Gasteiger partial charge on any atom is -0.395 e. The number of ether oxygens (including phenoxy) is 2. The maximum absolute atomic E-state index is 13.2. The molecule has 0 aromatic heterocycles. The molecule has 156 valence electrons. The molecule has 8 nitrogen and oxygen atoms in total. The number of fused-ring (bicyclic) bond motifs is 1. The van der Waals surface area contributed by atoms with E-state index in [4.69, 9.17) is 0 Å². The van der Waals surface area contributed by atoms with Gasteiger partial charge in [0.1, 0.15) is 17.9 Å². The smallest absolute Gasteiger partial charge is 0.395 e. The van der Waals surface area contributed by atoms with Gasteiger partial charge in [0.2, 0.25) is 5.91 Å². The van der Waals surface area contributed by atoms with Crippen molar-refractivity contribution in [1.29, 1.82) is 0 Å². The Kier molecular flexibility index (Phi) is 4.33. The molecular weight excluding hydrogens is 407 g/mol. The maximum Gasteiger partial charge on any atom is 0.586 e. The van der Waals surface area contributed by atoms with Crippen molar-refractivity contribution >= 4 is 23.5 Å². The Morgan fingerprint density at radius 2 is 1.77 bits per heavy atom. The van der Waals surface area contributed by atoms with E-state index in [0.29, 0.717) is 10.5 Å². The van der Waals surface area contributed by atoms with Crippen molar-refractivity contribution in [3.05, 3.63) is 53.8 Å². The molecule has 4 rings (SSSR count). The second kappa shape index (κ2) is 6.65. The number of alkyl halides is 2. The minimum absolute atomic E-state index is 0.105. The lowest BCUT2D eigenvalue weighted by Gasteiger charge is -2.22. The summed E-state index contributed by atoms with van der Waals surface area (Å²) in [6, 6.07) is 7.84. The molecule has 1 saturated heterocycles. The molecule has 0 aliphatic carbocycles. The third-order valence-corrected chi connectivity index (χ3v) is 4.68. The van der Waals surface area contributed by atoms with E-state index in [1.54, 1.807) is 0 Å². The molecule has 2 aromatic carbocycles. The summed E-state index contributed by atoms with van der Waals surface area (Å²) >= 11 is 0. The number of imide groups is 1. The maximum atomic E-state index is 13.2. The second-order valence-corrected chi connectivity index (χ2v) is 6.83. The molecule has 0 bridgehead atoms. The standard InChI is InChI=1S/C19H14F3N3O5/c1-18(10-2-4-11(20)5-3-10)16(27)25(17(28)24-18)9-15(26)23-12-6-7-13-14(8-12)30-19(21,22)29-13/h2-8H,9H2,1H3,(H,23,26)(H,24,28). The van der Waals surface area contributed by atoms with Gasteiger partial charge < -0.3 is 20.1 Å². The first-order valence-corrected chi connectivity index (χ1v) is 8.67. The van der Waals surface area contributed by atoms with Crippen LogP contribution in [0, 0.1) is 5.82 Å². The quantitative estimate of drug-likeness (QED) is 0.740. The monoisotopic (exact) mass is 421 g/mol. The van der Waals surface area contributed by atoms with Gasteiger partial charge >= 0.3 is 12.3 Å². The van der Waals surface area contributed by atoms with Crippen LogP contribution in [-0.2, 0) is 15.1 Å². The number of carbonyl (C=O) groups is 3. The zero-order valence-electron chi connectivity index (χ0n) is 15.4. The normalized spacial score (nSPS) is 21.5. The first kappa shape index (κ1) is 19.6. The number of nitrogens with one attached hydrogen (secondary N) is 2. The van der Waals surface area contributed by atoms with Crippen LogP contribution in [0.4, 0.5) is 23.7 Å². The van der Waals surface area contributed by atoms with E-state index in [1.165, 1.54) is 31.2 Å². The summed E-state index contributed by atoms with van der Waals surface area (Å²) in [7, 11) is 0. The van der Waals surface area contributed by atoms with Crippen LogP contribution in [0.1, 0.15) is 12.5 Å². The van der Waals surface area contributed by atoms with E-state index >= 15 is 0 Å². The van der Waals surface area contributed by atoms with Crippen LogP contribution in [0.3, 0.4) is 0 Å². The number of anilines is 1. The van der Waals surface area contributed by atoms with Crippen LogP contribution in [0.25, 0.3) is 0 Å². The van der Waals surface area contributed by atoms with Crippen LogP contribution in [0.2, 0.25) is 0 Å². The van der Waals surface area contributed by atoms with Crippen LogP contribution in [0.15, 0.2) is 42.5 Å². The first-order chi connectivity index (χ1) is 14.1. The fourth-order valence-electron chi connectivity index (χ4n) is 3.19. The van der Waals surface area contributed by atoms with Gasteiger partial charge in [-0.05, 0) is 36.8 Å². The van der Waals surface area contributed by atoms with E-state index in [1.807, 2.05) is 0 Å². The summed E-state index contributed by atoms with van der Waals surface area (Å²) in [6.45, 7) is 0.822. The Hall–Kier alpha value is -3.76. The highest BCUT2D eigenvalue weighted by Gasteiger charge is 2.49. The molecule has 2 aromatic rings. The Bertz CT molecular complexity index is 1060. The molecule has 1 unspecified atom stereocenters. The number of hydrogen-bond donors (Lipinski definition) is 2. The number of urea groups is 1. The highest BCUT2D eigenvalue weighted by molar-refractivity contribution is 6.10. The van der Waals surface area contributed by atoms with Gasteiger partial charge in [-0.2, -0.15) is 0 Å². The lowest BCUT2D eigenvalue weighted by atomic mass is 9.92. The third kappa shape index (κ3) is 3.38. The predicted octanol–water partition coefficient (Wildman–Crippen LogP) is 2.55. The molecule has 11 heteroatoms. The van der Waals surface area contributed by atoms with E-state index < -0.39 is 42.0 Å². The number of rotatable bonds is 4. The minimum atomic E-state index is -3.80. The molecule has 0 radical (unpaired) electrons. The van der Waals surface area contributed by atoms with Gasteiger partial charge in [-0.3, -0.25) is 14.5 Å². The van der Waals surface area contributed by atoms with E-state index in [0.717, 1.165) is 18.2 Å². The number of hydrogen-bond acceptors (Lipinski definition) is 5. The molecule has 30 heavy (non-hydrogen) atoms. The van der Waals surface area contributed by atoms with Crippen molar-refractivity contribution < 1.29 is 37.0 Å². The van der Waals surface area contributed by atoms with Crippen molar-refractivity contribution in [3.63, 3.8) is 0 Å². The molecule has 2 aliphatic rings. The summed E-state index contributed by atoms with van der Waals surface area (Å²) in [5, 5.41) is 4.89. The molecule has 0 spiro atoms. The van der Waals surface area contributed by atoms with Crippen molar-refractivity contribution in [2.45, 2.75) is 18.8 Å². The van der Waals surface area contributed by atoms with Crippen molar-refractivity contribution in [2.24, 2.45) is 0 Å². The third-order valence-electron chi connectivity index (χ3n) is 4.68. The average molecular weight is 421 g/mol. The fourth-order valence-corrected chi connectivity index (χ4v) is 3.19. The van der Waals surface area contributed by atoms with Crippen LogP contribution in [0.5, 0.6) is 11.5 Å². The second-order valence-electron chi connectivity index (χ2n) is 6.83. The Labute approximate surface area is 167 Å². The molecule has 1 atom stereocenters. The van der Waals surface area contributed by atoms with Gasteiger partial charge in [-0.25, -0.2) is 9.18 Å². The predicted molar refractivity (Wildman–Crippen MR) is 95.3 cm³/mol. The lowest BCUT2D eigenvalue weighted by molar-refractivity contribution is -0.286. The van der Waals surface area contributed by atoms with Crippen molar-refractivity contribution in [1.82, 2.24) is 10.2 Å². The SMILES string of the molecule is CC1(c2ccc(F)cc2)NC(=O)N(CC(=O)Nc2ccc3c(c2)OC(F)(F)O3)C1=O. The molecular formula is C19H14F3N3O5. The van der Waals surface area contributed by atoms with Gasteiger partial charge in [-0.15, -0.1) is 8.78 Å². The van der Waals surface area contributed by atoms with Crippen LogP contribution in [-0.4, -0.2) is 35.6 Å². The topological polar surface area (TPSA) is 97.0 Å². The number of benzene rings is 2. The van der Waals surface area contributed by atoms with Crippen molar-refractivity contribution in [3.8, 4) is 11.5 Å². The van der Waals surface area contributed by atoms with Crippen molar-refractivity contribution in [2.75, 3.05) is 11.9 Å². The summed E-state index contributed by atoms with van der Waals surface area (Å²) in [6.07, 6.45) is -3.80. The van der Waals surface area contributed by atoms with E-state index in [9.17, 15) is 27.6 Å². The Morgan fingerprint density at radius 1 is 1.10 bits per heavy atom. The Morgan fingerprint density at radius 3 is 2.47 bits per heavy atom. The fraction of sp³-hybridized carbons (Fsp3) is 0.211. The molecule has 4 amide bonds. The number of amides is 4. The highest BCUT2D eigenvalue weighted by Crippen LogP contribution is 2.42. The number of carbonyl (C=O) groups excluding carboxylic acids is 3. The van der Waals surface area contributed by atoms with Gasteiger partial charge in [0.05, 0.1) is 0 Å². The average Bonchev–Trinajstić information content (AvgIpc) is 3.09. The molecule has 2 heterocycles.